The molecular weight excluding hydrogens is 436 g/mol. The van der Waals surface area contributed by atoms with E-state index < -0.39 is 5.91 Å². The Morgan fingerprint density at radius 3 is 2.59 bits per heavy atom. The van der Waals surface area contributed by atoms with Gasteiger partial charge in [0.05, 0.1) is 12.9 Å². The van der Waals surface area contributed by atoms with Crippen molar-refractivity contribution in [1.82, 2.24) is 29.4 Å². The summed E-state index contributed by atoms with van der Waals surface area (Å²) in [7, 11) is 1.83. The van der Waals surface area contributed by atoms with Crippen molar-refractivity contribution in [2.45, 2.75) is 38.8 Å². The van der Waals surface area contributed by atoms with Crippen molar-refractivity contribution < 1.29 is 14.3 Å². The lowest BCUT2D eigenvalue weighted by molar-refractivity contribution is -0.137. The molecular formula is C23H30N8O3. The number of ether oxygens (including phenoxy) is 1. The zero-order chi connectivity index (χ0) is 24.1. The second kappa shape index (κ2) is 10.6. The molecule has 0 aromatic carbocycles. The fraction of sp³-hybridized carbons (Fsp3) is 0.478. The third-order valence-electron chi connectivity index (χ3n) is 6.21. The number of pyridine rings is 1. The van der Waals surface area contributed by atoms with Crippen LogP contribution in [0.4, 0.5) is 5.95 Å². The van der Waals surface area contributed by atoms with Crippen molar-refractivity contribution in [3.8, 4) is 0 Å². The summed E-state index contributed by atoms with van der Waals surface area (Å²) in [6, 6.07) is 3.42. The van der Waals surface area contributed by atoms with Gasteiger partial charge in [-0.2, -0.15) is 0 Å². The van der Waals surface area contributed by atoms with E-state index in [1.54, 1.807) is 27.9 Å². The van der Waals surface area contributed by atoms with Gasteiger partial charge in [-0.05, 0) is 37.0 Å². The second-order valence-corrected chi connectivity index (χ2v) is 8.36. The molecule has 3 aromatic rings. The van der Waals surface area contributed by atoms with Crippen LogP contribution >= 0.6 is 0 Å². The molecule has 4 rings (SSSR count). The Morgan fingerprint density at radius 1 is 1.18 bits per heavy atom. The number of carbonyl (C=O) groups is 2. The van der Waals surface area contributed by atoms with E-state index in [0.717, 1.165) is 43.9 Å². The maximum absolute atomic E-state index is 12.6. The number of imidazole rings is 1. The number of rotatable bonds is 9. The predicted octanol–water partition coefficient (Wildman–Crippen LogP) is 1.03. The molecule has 2 amide bonds. The summed E-state index contributed by atoms with van der Waals surface area (Å²) in [5.74, 6) is 0.108. The smallest absolute Gasteiger partial charge is 0.267 e. The van der Waals surface area contributed by atoms with Gasteiger partial charge in [-0.15, -0.1) is 0 Å². The Bertz CT molecular complexity index is 1140. The van der Waals surface area contributed by atoms with Crippen LogP contribution < -0.4 is 10.6 Å². The maximum Gasteiger partial charge on any atom is 0.267 e. The van der Waals surface area contributed by atoms with Crippen molar-refractivity contribution in [3.05, 3.63) is 42.1 Å². The zero-order valence-corrected chi connectivity index (χ0v) is 19.6. The first kappa shape index (κ1) is 23.6. The highest BCUT2D eigenvalue weighted by molar-refractivity contribution is 5.92. The highest BCUT2D eigenvalue weighted by Crippen LogP contribution is 2.19. The summed E-state index contributed by atoms with van der Waals surface area (Å²) >= 11 is 0. The first-order chi connectivity index (χ1) is 16.5. The highest BCUT2D eigenvalue weighted by atomic mass is 16.5. The molecule has 1 aliphatic rings. The van der Waals surface area contributed by atoms with Gasteiger partial charge < -0.3 is 24.8 Å². The number of aryl methyl sites for hydroxylation is 1. The number of nitrogens with zero attached hydrogens (tertiary/aromatic N) is 7. The number of nitrogens with two attached hydrogens (primary N) is 1. The van der Waals surface area contributed by atoms with Crippen molar-refractivity contribution in [3.63, 3.8) is 0 Å². The highest BCUT2D eigenvalue weighted by Gasteiger charge is 2.26. The fourth-order valence-corrected chi connectivity index (χ4v) is 4.02. The Kier molecular flexibility index (Phi) is 7.31. The summed E-state index contributed by atoms with van der Waals surface area (Å²) in [5, 5.41) is 0. The minimum atomic E-state index is -0.590. The average molecular weight is 467 g/mol. The van der Waals surface area contributed by atoms with Crippen LogP contribution in [0.2, 0.25) is 0 Å². The molecule has 2 N–H and O–H groups in total. The maximum atomic E-state index is 12.6. The number of amides is 2. The molecule has 3 aromatic heterocycles. The molecule has 34 heavy (non-hydrogen) atoms. The van der Waals surface area contributed by atoms with Gasteiger partial charge in [-0.25, -0.2) is 19.9 Å². The summed E-state index contributed by atoms with van der Waals surface area (Å²) in [6.45, 7) is 4.48. The van der Waals surface area contributed by atoms with E-state index in [9.17, 15) is 9.59 Å². The Balaban J connectivity index is 1.22. The van der Waals surface area contributed by atoms with E-state index in [2.05, 4.69) is 31.8 Å². The monoisotopic (exact) mass is 466 g/mol. The van der Waals surface area contributed by atoms with E-state index >= 15 is 0 Å². The fourth-order valence-electron chi connectivity index (χ4n) is 4.02. The molecule has 0 spiro atoms. The van der Waals surface area contributed by atoms with Crippen molar-refractivity contribution in [2.75, 3.05) is 38.3 Å². The van der Waals surface area contributed by atoms with Crippen LogP contribution in [0.3, 0.4) is 0 Å². The van der Waals surface area contributed by atoms with Gasteiger partial charge in [0.2, 0.25) is 11.9 Å². The van der Waals surface area contributed by atoms with Crippen molar-refractivity contribution in [1.29, 1.82) is 0 Å². The number of likely N-dealkylation sites (N-methyl/N-ethyl adjacent to an activating group) is 1. The van der Waals surface area contributed by atoms with Crippen molar-refractivity contribution in [2.24, 2.45) is 5.73 Å². The molecule has 1 saturated heterocycles. The van der Waals surface area contributed by atoms with Gasteiger partial charge in [-0.3, -0.25) is 9.59 Å². The van der Waals surface area contributed by atoms with Gasteiger partial charge in [0, 0.05) is 45.1 Å². The minimum Gasteiger partial charge on any atom is -0.370 e. The number of fused-ring (bicyclic) bond motifs is 1. The average Bonchev–Trinajstić information content (AvgIpc) is 3.28. The lowest BCUT2D eigenvalue weighted by Gasteiger charge is -2.36. The van der Waals surface area contributed by atoms with E-state index in [0.29, 0.717) is 24.3 Å². The molecule has 4 heterocycles. The lowest BCUT2D eigenvalue weighted by atomic mass is 10.0. The summed E-state index contributed by atoms with van der Waals surface area (Å²) < 4.78 is 7.41. The lowest BCUT2D eigenvalue weighted by Crippen LogP contribution is -2.47. The van der Waals surface area contributed by atoms with Crippen LogP contribution in [-0.2, 0) is 22.5 Å². The molecule has 0 atom stereocenters. The van der Waals surface area contributed by atoms with Gasteiger partial charge in [0.25, 0.3) is 5.91 Å². The Labute approximate surface area is 198 Å². The molecule has 180 valence electrons. The summed E-state index contributed by atoms with van der Waals surface area (Å²) in [4.78, 5) is 45.4. The number of hydrogen-bond acceptors (Lipinski definition) is 8. The number of carbonyl (C=O) groups excluding carboxylic acids is 2. The number of piperidine rings is 1. The molecule has 0 unspecified atom stereocenters. The normalized spacial score (nSPS) is 14.5. The van der Waals surface area contributed by atoms with Gasteiger partial charge in [-0.1, -0.05) is 6.92 Å². The van der Waals surface area contributed by atoms with Gasteiger partial charge >= 0.3 is 0 Å². The van der Waals surface area contributed by atoms with E-state index in [-0.39, 0.29) is 24.2 Å². The third-order valence-corrected chi connectivity index (χ3v) is 6.21. The first-order valence-corrected chi connectivity index (χ1v) is 11.5. The van der Waals surface area contributed by atoms with Crippen LogP contribution in [-0.4, -0.2) is 80.6 Å². The third kappa shape index (κ3) is 5.30. The van der Waals surface area contributed by atoms with Crippen LogP contribution in [0, 0.1) is 0 Å². The van der Waals surface area contributed by atoms with Crippen LogP contribution in [0.5, 0.6) is 0 Å². The number of aromatic nitrogens is 5. The molecule has 11 nitrogen and oxygen atoms in total. The molecule has 1 fully saturated rings. The largest absolute Gasteiger partial charge is 0.370 e. The number of primary amides is 1. The standard InChI is InChI=1S/C23H30N8O3/c1-3-16-12-25-23(26-13-16)30-8-6-17(7-9-30)29(2)20(32)14-34-11-10-31-15-27-19-5-4-18(21(24)33)28-22(19)31/h4-5,12-13,15,17H,3,6-11,14H2,1-2H3,(H2,24,33). The van der Waals surface area contributed by atoms with Gasteiger partial charge in [0.15, 0.2) is 5.65 Å². The zero-order valence-electron chi connectivity index (χ0n) is 19.6. The first-order valence-electron chi connectivity index (χ1n) is 11.5. The van der Waals surface area contributed by atoms with E-state index in [1.165, 1.54) is 0 Å². The molecule has 1 aliphatic heterocycles. The second-order valence-electron chi connectivity index (χ2n) is 8.36. The van der Waals surface area contributed by atoms with Gasteiger partial charge in [0.1, 0.15) is 17.8 Å². The number of anilines is 1. The van der Waals surface area contributed by atoms with E-state index in [1.807, 2.05) is 19.4 Å². The number of hydrogen-bond donors (Lipinski definition) is 1. The molecule has 0 radical (unpaired) electrons. The Hall–Kier alpha value is -3.60. The molecule has 11 heteroatoms. The molecule has 0 saturated carbocycles. The summed E-state index contributed by atoms with van der Waals surface area (Å²) in [5.41, 5.74) is 7.84. The van der Waals surface area contributed by atoms with Crippen LogP contribution in [0.1, 0.15) is 35.8 Å². The Morgan fingerprint density at radius 2 is 1.91 bits per heavy atom. The van der Waals surface area contributed by atoms with Crippen LogP contribution in [0.25, 0.3) is 11.2 Å². The minimum absolute atomic E-state index is 0.00486. The van der Waals surface area contributed by atoms with Crippen molar-refractivity contribution >= 4 is 28.9 Å². The van der Waals surface area contributed by atoms with Crippen LogP contribution in [0.15, 0.2) is 30.9 Å². The molecule has 0 bridgehead atoms. The molecule has 0 aliphatic carbocycles. The predicted molar refractivity (Wildman–Crippen MR) is 126 cm³/mol. The SMILES string of the molecule is CCc1cnc(N2CCC(N(C)C(=O)COCCn3cnc4ccc(C(N)=O)nc43)CC2)nc1. The topological polar surface area (TPSA) is 132 Å². The van der Waals surface area contributed by atoms with E-state index in [4.69, 9.17) is 10.5 Å². The summed E-state index contributed by atoms with van der Waals surface area (Å²) in [6.07, 6.45) is 8.02. The quantitative estimate of drug-likeness (QED) is 0.462.